The van der Waals surface area contributed by atoms with Crippen molar-refractivity contribution in [3.05, 3.63) is 17.7 Å². The third-order valence-electron chi connectivity index (χ3n) is 5.86. The third kappa shape index (κ3) is 3.55. The lowest BCUT2D eigenvalue weighted by Gasteiger charge is -2.24. The maximum absolute atomic E-state index is 12.8. The van der Waals surface area contributed by atoms with Crippen LogP contribution in [-0.2, 0) is 16.0 Å². The fraction of sp³-hybridized carbons (Fsp3) is 0.600. The number of carbonyl (C=O) groups excluding carboxylic acids is 1. The number of carbonyl (C=O) groups is 2. The summed E-state index contributed by atoms with van der Waals surface area (Å²) in [5.41, 5.74) is 0.828. The SMILES string of the molecule is COc1ccc(CCC(=O)N2CC3CCCC3C2C(=O)O)c(OC)c1OC. The number of likely N-dealkylation sites (tertiary alicyclic amines) is 1. The molecule has 1 saturated carbocycles. The molecule has 0 radical (unpaired) electrons. The van der Waals surface area contributed by atoms with Crippen LogP contribution in [0.15, 0.2) is 12.1 Å². The van der Waals surface area contributed by atoms with Crippen molar-refractivity contribution in [2.75, 3.05) is 27.9 Å². The smallest absolute Gasteiger partial charge is 0.326 e. The molecule has 2 aliphatic rings. The van der Waals surface area contributed by atoms with Crippen molar-refractivity contribution in [3.8, 4) is 17.2 Å². The number of methoxy groups -OCH3 is 3. The number of amides is 1. The van der Waals surface area contributed by atoms with Crippen LogP contribution in [0.5, 0.6) is 17.2 Å². The van der Waals surface area contributed by atoms with Crippen LogP contribution in [0.4, 0.5) is 0 Å². The van der Waals surface area contributed by atoms with E-state index in [-0.39, 0.29) is 18.2 Å². The number of benzene rings is 1. The topological polar surface area (TPSA) is 85.3 Å². The second-order valence-electron chi connectivity index (χ2n) is 7.18. The molecule has 1 aromatic rings. The second kappa shape index (κ2) is 8.06. The predicted octanol–water partition coefficient (Wildman–Crippen LogP) is 2.36. The van der Waals surface area contributed by atoms with Gasteiger partial charge >= 0.3 is 5.97 Å². The first-order valence-electron chi connectivity index (χ1n) is 9.31. The summed E-state index contributed by atoms with van der Waals surface area (Å²) in [6.07, 6.45) is 3.65. The zero-order chi connectivity index (χ0) is 19.6. The third-order valence-corrected chi connectivity index (χ3v) is 5.86. The number of aliphatic carboxylic acids is 1. The molecular formula is C20H27NO6. The zero-order valence-corrected chi connectivity index (χ0v) is 16.1. The Kier molecular flexibility index (Phi) is 5.77. The largest absolute Gasteiger partial charge is 0.493 e. The fourth-order valence-corrected chi connectivity index (χ4v) is 4.62. The second-order valence-corrected chi connectivity index (χ2v) is 7.18. The van der Waals surface area contributed by atoms with E-state index in [1.807, 2.05) is 6.07 Å². The first-order valence-corrected chi connectivity index (χ1v) is 9.31. The first-order chi connectivity index (χ1) is 13.0. The molecule has 1 aliphatic heterocycles. The van der Waals surface area contributed by atoms with E-state index in [1.54, 1.807) is 25.2 Å². The normalized spacial score (nSPS) is 23.8. The maximum atomic E-state index is 12.8. The number of ether oxygens (including phenoxy) is 3. The summed E-state index contributed by atoms with van der Waals surface area (Å²) in [7, 11) is 4.64. The van der Waals surface area contributed by atoms with Crippen molar-refractivity contribution >= 4 is 11.9 Å². The Labute approximate surface area is 159 Å². The number of rotatable bonds is 7. The van der Waals surface area contributed by atoms with Gasteiger partial charge in [-0.1, -0.05) is 12.5 Å². The molecule has 1 aromatic carbocycles. The van der Waals surface area contributed by atoms with Crippen molar-refractivity contribution in [2.24, 2.45) is 11.8 Å². The molecule has 0 spiro atoms. The Morgan fingerprint density at radius 1 is 1.11 bits per heavy atom. The summed E-state index contributed by atoms with van der Waals surface area (Å²) in [4.78, 5) is 26.1. The summed E-state index contributed by atoms with van der Waals surface area (Å²) in [5.74, 6) is 1.01. The highest BCUT2D eigenvalue weighted by Gasteiger charge is 2.49. The molecular weight excluding hydrogens is 350 g/mol. The summed E-state index contributed by atoms with van der Waals surface area (Å²) < 4.78 is 16.1. The van der Waals surface area contributed by atoms with Gasteiger partial charge in [0.15, 0.2) is 11.5 Å². The Morgan fingerprint density at radius 2 is 1.85 bits per heavy atom. The van der Waals surface area contributed by atoms with E-state index in [2.05, 4.69) is 0 Å². The van der Waals surface area contributed by atoms with Gasteiger partial charge in [0.05, 0.1) is 21.3 Å². The summed E-state index contributed by atoms with van der Waals surface area (Å²) >= 11 is 0. The first kappa shape index (κ1) is 19.3. The van der Waals surface area contributed by atoms with Gasteiger partial charge < -0.3 is 24.2 Å². The molecule has 3 atom stereocenters. The zero-order valence-electron chi connectivity index (χ0n) is 16.1. The highest BCUT2D eigenvalue weighted by molar-refractivity contribution is 5.85. The van der Waals surface area contributed by atoms with Crippen LogP contribution in [0.25, 0.3) is 0 Å². The molecule has 0 bridgehead atoms. The number of hydrogen-bond donors (Lipinski definition) is 1. The van der Waals surface area contributed by atoms with E-state index < -0.39 is 12.0 Å². The molecule has 3 rings (SSSR count). The van der Waals surface area contributed by atoms with Crippen molar-refractivity contribution in [3.63, 3.8) is 0 Å². The van der Waals surface area contributed by atoms with Gasteiger partial charge in [-0.05, 0) is 42.7 Å². The van der Waals surface area contributed by atoms with Crippen molar-refractivity contribution in [1.29, 1.82) is 0 Å². The summed E-state index contributed by atoms with van der Waals surface area (Å²) in [6.45, 7) is 0.559. The van der Waals surface area contributed by atoms with Crippen LogP contribution < -0.4 is 14.2 Å². The highest BCUT2D eigenvalue weighted by atomic mass is 16.5. The van der Waals surface area contributed by atoms with Gasteiger partial charge in [-0.2, -0.15) is 0 Å². The monoisotopic (exact) mass is 377 g/mol. The van der Waals surface area contributed by atoms with Crippen molar-refractivity contribution in [1.82, 2.24) is 4.90 Å². The number of carboxylic acids is 1. The molecule has 7 heteroatoms. The Morgan fingerprint density at radius 3 is 2.48 bits per heavy atom. The Hall–Kier alpha value is -2.44. The van der Waals surface area contributed by atoms with Crippen LogP contribution >= 0.6 is 0 Å². The van der Waals surface area contributed by atoms with E-state index in [0.717, 1.165) is 24.8 Å². The van der Waals surface area contributed by atoms with Crippen molar-refractivity contribution in [2.45, 2.75) is 38.1 Å². The molecule has 1 N–H and O–H groups in total. The minimum absolute atomic E-state index is 0.0991. The van der Waals surface area contributed by atoms with E-state index in [0.29, 0.717) is 36.1 Å². The minimum Gasteiger partial charge on any atom is -0.493 e. The van der Waals surface area contributed by atoms with Gasteiger partial charge in [0.25, 0.3) is 0 Å². The van der Waals surface area contributed by atoms with E-state index >= 15 is 0 Å². The van der Waals surface area contributed by atoms with E-state index in [9.17, 15) is 14.7 Å². The Balaban J connectivity index is 1.73. The molecule has 7 nitrogen and oxygen atoms in total. The van der Waals surface area contributed by atoms with Crippen LogP contribution in [0.3, 0.4) is 0 Å². The molecule has 2 fully saturated rings. The molecule has 1 heterocycles. The average molecular weight is 377 g/mol. The minimum atomic E-state index is -0.888. The molecule has 1 saturated heterocycles. The van der Waals surface area contributed by atoms with Gasteiger partial charge in [0, 0.05) is 13.0 Å². The lowest BCUT2D eigenvalue weighted by Crippen LogP contribution is -2.43. The van der Waals surface area contributed by atoms with Crippen LogP contribution in [0, 0.1) is 11.8 Å². The average Bonchev–Trinajstić information content (AvgIpc) is 3.25. The van der Waals surface area contributed by atoms with Crippen LogP contribution in [0.2, 0.25) is 0 Å². The standard InChI is InChI=1S/C20H27NO6/c1-25-15-9-7-12(18(26-2)19(15)27-3)8-10-16(22)21-11-13-5-4-6-14(13)17(21)20(23)24/h7,9,13-14,17H,4-6,8,10-11H2,1-3H3,(H,23,24). The van der Waals surface area contributed by atoms with E-state index in [4.69, 9.17) is 14.2 Å². The Bertz CT molecular complexity index is 719. The van der Waals surface area contributed by atoms with Gasteiger partial charge in [0.2, 0.25) is 11.7 Å². The highest BCUT2D eigenvalue weighted by Crippen LogP contribution is 2.43. The number of nitrogens with zero attached hydrogens (tertiary/aromatic N) is 1. The number of aryl methyl sites for hydroxylation is 1. The van der Waals surface area contributed by atoms with Crippen LogP contribution in [0.1, 0.15) is 31.2 Å². The summed E-state index contributed by atoms with van der Waals surface area (Å²) in [6, 6.07) is 2.94. The fourth-order valence-electron chi connectivity index (χ4n) is 4.62. The van der Waals surface area contributed by atoms with Crippen LogP contribution in [-0.4, -0.2) is 55.8 Å². The molecule has 27 heavy (non-hydrogen) atoms. The molecule has 1 aliphatic carbocycles. The number of fused-ring (bicyclic) bond motifs is 1. The predicted molar refractivity (Wildman–Crippen MR) is 98.4 cm³/mol. The molecule has 0 aromatic heterocycles. The summed E-state index contributed by atoms with van der Waals surface area (Å²) in [5, 5.41) is 9.63. The lowest BCUT2D eigenvalue weighted by atomic mass is 9.94. The number of carboxylic acid groups (broad SMARTS) is 1. The maximum Gasteiger partial charge on any atom is 0.326 e. The van der Waals surface area contributed by atoms with Gasteiger partial charge in [-0.3, -0.25) is 4.79 Å². The van der Waals surface area contributed by atoms with Gasteiger partial charge in [-0.25, -0.2) is 4.79 Å². The molecule has 148 valence electrons. The van der Waals surface area contributed by atoms with E-state index in [1.165, 1.54) is 7.11 Å². The molecule has 1 amide bonds. The van der Waals surface area contributed by atoms with Gasteiger partial charge in [0.1, 0.15) is 6.04 Å². The van der Waals surface area contributed by atoms with Gasteiger partial charge in [-0.15, -0.1) is 0 Å². The van der Waals surface area contributed by atoms with Crippen molar-refractivity contribution < 1.29 is 28.9 Å². The quantitative estimate of drug-likeness (QED) is 0.785. The lowest BCUT2D eigenvalue weighted by molar-refractivity contribution is -0.149. The number of hydrogen-bond acceptors (Lipinski definition) is 5. The molecule has 3 unspecified atom stereocenters.